The molecule has 1 heterocycles. The highest BCUT2D eigenvalue weighted by atomic mass is 16.5. The number of rotatable bonds is 13. The molecule has 1 aromatic rings. The second-order valence-electron chi connectivity index (χ2n) is 10.7. The van der Waals surface area contributed by atoms with Crippen LogP contribution in [0.2, 0.25) is 0 Å². The molecule has 1 aromatic carbocycles. The SMILES string of the molecule is Cc1c(C)c2c(c(C)c1OCCCC(=O)O)CCC(C)(CCCC(C)CCCC(C)C)O2. The highest BCUT2D eigenvalue weighted by Gasteiger charge is 2.34. The Morgan fingerprint density at radius 2 is 1.72 bits per heavy atom. The Bertz CT molecular complexity index is 767. The summed E-state index contributed by atoms with van der Waals surface area (Å²) in [4.78, 5) is 10.8. The fourth-order valence-electron chi connectivity index (χ4n) is 4.92. The van der Waals surface area contributed by atoms with Gasteiger partial charge in [-0.15, -0.1) is 0 Å². The van der Waals surface area contributed by atoms with Gasteiger partial charge in [0.1, 0.15) is 17.1 Å². The van der Waals surface area contributed by atoms with Crippen LogP contribution in [0, 0.1) is 32.6 Å². The first kappa shape index (κ1) is 26.5. The molecule has 1 aliphatic heterocycles. The van der Waals surface area contributed by atoms with Gasteiger partial charge in [0.25, 0.3) is 0 Å². The molecule has 0 radical (unpaired) electrons. The number of benzene rings is 1. The Kier molecular flexibility index (Phi) is 9.91. The zero-order valence-electron chi connectivity index (χ0n) is 21.6. The molecule has 0 amide bonds. The van der Waals surface area contributed by atoms with E-state index in [9.17, 15) is 4.79 Å². The van der Waals surface area contributed by atoms with Crippen LogP contribution in [-0.2, 0) is 11.2 Å². The predicted octanol–water partition coefficient (Wildman–Crippen LogP) is 7.57. The van der Waals surface area contributed by atoms with Crippen molar-refractivity contribution in [2.45, 2.75) is 118 Å². The second kappa shape index (κ2) is 12.0. The average molecular weight is 447 g/mol. The van der Waals surface area contributed by atoms with Crippen LogP contribution in [0.15, 0.2) is 0 Å². The van der Waals surface area contributed by atoms with Crippen LogP contribution in [0.3, 0.4) is 0 Å². The maximum Gasteiger partial charge on any atom is 0.303 e. The molecule has 0 bridgehead atoms. The number of ether oxygens (including phenoxy) is 2. The van der Waals surface area contributed by atoms with Crippen molar-refractivity contribution in [2.75, 3.05) is 6.61 Å². The van der Waals surface area contributed by atoms with Crippen molar-refractivity contribution in [3.8, 4) is 11.5 Å². The number of carboxylic acid groups (broad SMARTS) is 1. The Morgan fingerprint density at radius 1 is 1.03 bits per heavy atom. The van der Waals surface area contributed by atoms with Crippen LogP contribution in [0.1, 0.15) is 108 Å². The predicted molar refractivity (Wildman–Crippen MR) is 132 cm³/mol. The van der Waals surface area contributed by atoms with E-state index in [1.807, 2.05) is 0 Å². The van der Waals surface area contributed by atoms with Gasteiger partial charge in [-0.1, -0.05) is 46.5 Å². The lowest BCUT2D eigenvalue weighted by molar-refractivity contribution is -0.137. The van der Waals surface area contributed by atoms with Gasteiger partial charge < -0.3 is 14.6 Å². The van der Waals surface area contributed by atoms with Gasteiger partial charge in [-0.3, -0.25) is 4.79 Å². The standard InChI is InChI=1S/C28H46O4/c1-19(2)11-8-12-20(3)13-9-16-28(7)17-15-24-23(6)26(31-18-10-14-25(29)30)21(4)22(5)27(24)32-28/h19-20H,8-18H2,1-7H3,(H,29,30). The lowest BCUT2D eigenvalue weighted by atomic mass is 9.84. The first-order chi connectivity index (χ1) is 15.0. The van der Waals surface area contributed by atoms with Gasteiger partial charge in [-0.25, -0.2) is 0 Å². The molecule has 2 rings (SSSR count). The third-order valence-electron chi connectivity index (χ3n) is 7.23. The molecule has 2 unspecified atom stereocenters. The minimum absolute atomic E-state index is 0.0991. The molecule has 0 fully saturated rings. The summed E-state index contributed by atoms with van der Waals surface area (Å²) in [6.07, 6.45) is 10.3. The number of carbonyl (C=O) groups is 1. The molecule has 2 atom stereocenters. The number of hydrogen-bond donors (Lipinski definition) is 1. The number of carboxylic acids is 1. The van der Waals surface area contributed by atoms with E-state index in [2.05, 4.69) is 48.5 Å². The smallest absolute Gasteiger partial charge is 0.303 e. The van der Waals surface area contributed by atoms with Gasteiger partial charge in [0, 0.05) is 12.0 Å². The molecule has 0 saturated heterocycles. The van der Waals surface area contributed by atoms with E-state index in [1.165, 1.54) is 37.7 Å². The Morgan fingerprint density at radius 3 is 2.38 bits per heavy atom. The monoisotopic (exact) mass is 446 g/mol. The summed E-state index contributed by atoms with van der Waals surface area (Å²) in [5.74, 6) is 2.79. The van der Waals surface area contributed by atoms with Gasteiger partial charge >= 0.3 is 5.97 Å². The Balaban J connectivity index is 1.98. The molecular formula is C28H46O4. The van der Waals surface area contributed by atoms with Crippen LogP contribution in [0.4, 0.5) is 0 Å². The maximum absolute atomic E-state index is 10.8. The van der Waals surface area contributed by atoms with Crippen molar-refractivity contribution >= 4 is 5.97 Å². The number of hydrogen-bond acceptors (Lipinski definition) is 3. The van der Waals surface area contributed by atoms with Gasteiger partial charge in [0.2, 0.25) is 0 Å². The molecule has 0 spiro atoms. The lowest BCUT2D eigenvalue weighted by Gasteiger charge is -2.38. The van der Waals surface area contributed by atoms with E-state index in [0.717, 1.165) is 59.3 Å². The lowest BCUT2D eigenvalue weighted by Crippen LogP contribution is -2.37. The summed E-state index contributed by atoms with van der Waals surface area (Å²) in [6.45, 7) is 16.0. The van der Waals surface area contributed by atoms with E-state index in [4.69, 9.17) is 14.6 Å². The molecule has 0 aromatic heterocycles. The van der Waals surface area contributed by atoms with E-state index in [-0.39, 0.29) is 12.0 Å². The quantitative estimate of drug-likeness (QED) is 0.317. The van der Waals surface area contributed by atoms with Crippen molar-refractivity contribution in [2.24, 2.45) is 11.8 Å². The van der Waals surface area contributed by atoms with E-state index < -0.39 is 5.97 Å². The van der Waals surface area contributed by atoms with E-state index in [0.29, 0.717) is 13.0 Å². The molecule has 182 valence electrons. The summed E-state index contributed by atoms with van der Waals surface area (Å²) < 4.78 is 12.7. The zero-order chi connectivity index (χ0) is 23.9. The maximum atomic E-state index is 10.8. The number of aliphatic carboxylic acids is 1. The van der Waals surface area contributed by atoms with Crippen molar-refractivity contribution in [1.82, 2.24) is 0 Å². The largest absolute Gasteiger partial charge is 0.493 e. The molecule has 4 nitrogen and oxygen atoms in total. The third kappa shape index (κ3) is 7.42. The minimum Gasteiger partial charge on any atom is -0.493 e. The van der Waals surface area contributed by atoms with Gasteiger partial charge in [-0.05, 0) is 88.3 Å². The van der Waals surface area contributed by atoms with E-state index in [1.54, 1.807) is 0 Å². The summed E-state index contributed by atoms with van der Waals surface area (Å²) in [5.41, 5.74) is 4.59. The molecule has 4 heteroatoms. The van der Waals surface area contributed by atoms with Crippen molar-refractivity contribution in [3.05, 3.63) is 22.3 Å². The topological polar surface area (TPSA) is 55.8 Å². The minimum atomic E-state index is -0.777. The summed E-state index contributed by atoms with van der Waals surface area (Å²) in [7, 11) is 0. The van der Waals surface area contributed by atoms with Crippen LogP contribution < -0.4 is 9.47 Å². The van der Waals surface area contributed by atoms with Crippen LogP contribution in [0.25, 0.3) is 0 Å². The van der Waals surface area contributed by atoms with Crippen molar-refractivity contribution < 1.29 is 19.4 Å². The van der Waals surface area contributed by atoms with Crippen molar-refractivity contribution in [1.29, 1.82) is 0 Å². The Labute approximate surface area is 196 Å². The molecule has 0 aliphatic carbocycles. The van der Waals surface area contributed by atoms with Gasteiger partial charge in [0.15, 0.2) is 0 Å². The zero-order valence-corrected chi connectivity index (χ0v) is 21.6. The molecule has 0 saturated carbocycles. The highest BCUT2D eigenvalue weighted by molar-refractivity contribution is 5.66. The second-order valence-corrected chi connectivity index (χ2v) is 10.7. The normalized spacial score (nSPS) is 18.9. The summed E-state index contributed by atoms with van der Waals surface area (Å²) >= 11 is 0. The van der Waals surface area contributed by atoms with Crippen LogP contribution in [0.5, 0.6) is 11.5 Å². The summed E-state index contributed by atoms with van der Waals surface area (Å²) in [6, 6.07) is 0. The summed E-state index contributed by atoms with van der Waals surface area (Å²) in [5, 5.41) is 8.85. The Hall–Kier alpha value is -1.71. The first-order valence-electron chi connectivity index (χ1n) is 12.7. The van der Waals surface area contributed by atoms with Crippen LogP contribution in [-0.4, -0.2) is 23.3 Å². The molecule has 32 heavy (non-hydrogen) atoms. The fourth-order valence-corrected chi connectivity index (χ4v) is 4.92. The average Bonchev–Trinajstić information content (AvgIpc) is 2.71. The highest BCUT2D eigenvalue weighted by Crippen LogP contribution is 2.45. The van der Waals surface area contributed by atoms with Gasteiger partial charge in [-0.2, -0.15) is 0 Å². The van der Waals surface area contributed by atoms with Crippen LogP contribution >= 0.6 is 0 Å². The first-order valence-corrected chi connectivity index (χ1v) is 12.7. The molecule has 1 aliphatic rings. The molecular weight excluding hydrogens is 400 g/mol. The van der Waals surface area contributed by atoms with Crippen molar-refractivity contribution in [3.63, 3.8) is 0 Å². The fraction of sp³-hybridized carbons (Fsp3) is 0.750. The number of fused-ring (bicyclic) bond motifs is 1. The van der Waals surface area contributed by atoms with Gasteiger partial charge in [0.05, 0.1) is 6.61 Å². The third-order valence-corrected chi connectivity index (χ3v) is 7.23. The van der Waals surface area contributed by atoms with E-state index >= 15 is 0 Å². The molecule has 1 N–H and O–H groups in total.